The van der Waals surface area contributed by atoms with Crippen LogP contribution in [-0.4, -0.2) is 11.7 Å². The van der Waals surface area contributed by atoms with E-state index in [9.17, 15) is 5.11 Å². The Morgan fingerprint density at radius 1 is 0.952 bits per heavy atom. The topological polar surface area (TPSA) is 29.5 Å². The second kappa shape index (κ2) is 8.48. The summed E-state index contributed by atoms with van der Waals surface area (Å²) in [6, 6.07) is 16.3. The number of ether oxygens (including phenoxy) is 1. The molecule has 0 radical (unpaired) electrons. The normalized spacial score (nSPS) is 10.6. The van der Waals surface area contributed by atoms with E-state index in [0.717, 1.165) is 30.8 Å². The van der Waals surface area contributed by atoms with Gasteiger partial charge in [-0.3, -0.25) is 0 Å². The highest BCUT2D eigenvalue weighted by Gasteiger charge is 2.03. The van der Waals surface area contributed by atoms with Gasteiger partial charge in [-0.25, -0.2) is 0 Å². The van der Waals surface area contributed by atoms with Crippen LogP contribution in [0.4, 0.5) is 0 Å². The van der Waals surface area contributed by atoms with Gasteiger partial charge >= 0.3 is 0 Å². The Labute approximate surface area is 127 Å². The second-order valence-electron chi connectivity index (χ2n) is 5.31. The van der Waals surface area contributed by atoms with Gasteiger partial charge in [-0.1, -0.05) is 56.2 Å². The largest absolute Gasteiger partial charge is 0.494 e. The van der Waals surface area contributed by atoms with Crippen LogP contribution in [-0.2, 0) is 13.0 Å². The fraction of sp³-hybridized carbons (Fsp3) is 0.368. The molecule has 0 bridgehead atoms. The zero-order chi connectivity index (χ0) is 14.9. The maximum atomic E-state index is 9.39. The molecule has 2 heteroatoms. The molecule has 0 unspecified atom stereocenters. The Bertz CT molecular complexity index is 549. The minimum Gasteiger partial charge on any atom is -0.494 e. The molecule has 21 heavy (non-hydrogen) atoms. The molecule has 0 aliphatic carbocycles. The number of hydrogen-bond acceptors (Lipinski definition) is 2. The van der Waals surface area contributed by atoms with Gasteiger partial charge in [0.15, 0.2) is 0 Å². The van der Waals surface area contributed by atoms with Crippen LogP contribution in [0.25, 0.3) is 0 Å². The molecule has 0 saturated carbocycles. The van der Waals surface area contributed by atoms with Crippen LogP contribution in [0, 0.1) is 0 Å². The fourth-order valence-electron chi connectivity index (χ4n) is 2.39. The SMILES string of the molecule is CCCCCOc1cccc(Cc2ccccc2CO)c1. The minimum atomic E-state index is 0.0867. The van der Waals surface area contributed by atoms with Crippen LogP contribution >= 0.6 is 0 Å². The van der Waals surface area contributed by atoms with Crippen molar-refractivity contribution < 1.29 is 9.84 Å². The summed E-state index contributed by atoms with van der Waals surface area (Å²) in [5.74, 6) is 0.935. The Kier molecular flexibility index (Phi) is 6.29. The van der Waals surface area contributed by atoms with Crippen LogP contribution in [0.5, 0.6) is 5.75 Å². The van der Waals surface area contributed by atoms with E-state index < -0.39 is 0 Å². The number of rotatable bonds is 8. The highest BCUT2D eigenvalue weighted by Crippen LogP contribution is 2.19. The van der Waals surface area contributed by atoms with Gasteiger partial charge in [0, 0.05) is 0 Å². The van der Waals surface area contributed by atoms with Crippen molar-refractivity contribution in [3.05, 3.63) is 65.2 Å². The molecule has 0 aliphatic heterocycles. The van der Waals surface area contributed by atoms with Crippen molar-refractivity contribution in [3.8, 4) is 5.75 Å². The minimum absolute atomic E-state index is 0.0867. The van der Waals surface area contributed by atoms with Crippen molar-refractivity contribution in [1.82, 2.24) is 0 Å². The molecule has 2 nitrogen and oxygen atoms in total. The first-order chi connectivity index (χ1) is 10.3. The molecule has 1 N–H and O–H groups in total. The maximum absolute atomic E-state index is 9.39. The molecule has 0 atom stereocenters. The van der Waals surface area contributed by atoms with E-state index in [1.165, 1.54) is 24.0 Å². The molecule has 2 rings (SSSR count). The zero-order valence-electron chi connectivity index (χ0n) is 12.7. The van der Waals surface area contributed by atoms with Gasteiger partial charge < -0.3 is 9.84 Å². The van der Waals surface area contributed by atoms with Crippen molar-refractivity contribution in [2.24, 2.45) is 0 Å². The highest BCUT2D eigenvalue weighted by atomic mass is 16.5. The lowest BCUT2D eigenvalue weighted by molar-refractivity contribution is 0.281. The van der Waals surface area contributed by atoms with Gasteiger partial charge in [-0.2, -0.15) is 0 Å². The summed E-state index contributed by atoms with van der Waals surface area (Å²) in [5.41, 5.74) is 3.37. The smallest absolute Gasteiger partial charge is 0.119 e. The van der Waals surface area contributed by atoms with E-state index in [1.807, 2.05) is 30.3 Å². The van der Waals surface area contributed by atoms with Gasteiger partial charge in [-0.05, 0) is 41.7 Å². The van der Waals surface area contributed by atoms with Gasteiger partial charge in [0.2, 0.25) is 0 Å². The van der Waals surface area contributed by atoms with E-state index in [2.05, 4.69) is 25.1 Å². The Morgan fingerprint density at radius 3 is 2.52 bits per heavy atom. The van der Waals surface area contributed by atoms with Crippen LogP contribution in [0.1, 0.15) is 42.9 Å². The summed E-state index contributed by atoms with van der Waals surface area (Å²) in [6.07, 6.45) is 4.35. The molecule has 0 spiro atoms. The first-order valence-electron chi connectivity index (χ1n) is 7.73. The molecule has 0 heterocycles. The lowest BCUT2D eigenvalue weighted by Gasteiger charge is -2.10. The summed E-state index contributed by atoms with van der Waals surface area (Å²) in [5, 5.41) is 9.39. The predicted octanol–water partition coefficient (Wildman–Crippen LogP) is 4.34. The third-order valence-electron chi connectivity index (χ3n) is 3.60. The number of aliphatic hydroxyl groups is 1. The molecule has 0 amide bonds. The molecule has 2 aromatic rings. The standard InChI is InChI=1S/C19H24O2/c1-2-3-6-12-21-19-11-7-8-16(14-19)13-17-9-4-5-10-18(17)15-20/h4-5,7-11,14,20H,2-3,6,12-13,15H2,1H3. The van der Waals surface area contributed by atoms with Crippen molar-refractivity contribution in [1.29, 1.82) is 0 Å². The third-order valence-corrected chi connectivity index (χ3v) is 3.60. The number of aliphatic hydroxyl groups excluding tert-OH is 1. The van der Waals surface area contributed by atoms with E-state index in [-0.39, 0.29) is 6.61 Å². The van der Waals surface area contributed by atoms with Crippen molar-refractivity contribution in [2.75, 3.05) is 6.61 Å². The van der Waals surface area contributed by atoms with E-state index in [1.54, 1.807) is 0 Å². The van der Waals surface area contributed by atoms with Gasteiger partial charge in [0.05, 0.1) is 13.2 Å². The number of unbranched alkanes of at least 4 members (excludes halogenated alkanes) is 2. The summed E-state index contributed by atoms with van der Waals surface area (Å²) >= 11 is 0. The molecule has 112 valence electrons. The number of benzene rings is 2. The quantitative estimate of drug-likeness (QED) is 0.731. The maximum Gasteiger partial charge on any atom is 0.119 e. The number of hydrogen-bond donors (Lipinski definition) is 1. The van der Waals surface area contributed by atoms with Crippen LogP contribution < -0.4 is 4.74 Å². The summed E-state index contributed by atoms with van der Waals surface area (Å²) < 4.78 is 5.79. The molecule has 0 aromatic heterocycles. The predicted molar refractivity (Wildman–Crippen MR) is 86.6 cm³/mol. The molecule has 2 aromatic carbocycles. The third kappa shape index (κ3) is 4.91. The summed E-state index contributed by atoms with van der Waals surface area (Å²) in [7, 11) is 0. The first kappa shape index (κ1) is 15.6. The van der Waals surface area contributed by atoms with Crippen molar-refractivity contribution in [3.63, 3.8) is 0 Å². The molecular formula is C19H24O2. The first-order valence-corrected chi connectivity index (χ1v) is 7.73. The lowest BCUT2D eigenvalue weighted by atomic mass is 10.00. The van der Waals surface area contributed by atoms with E-state index in [0.29, 0.717) is 0 Å². The van der Waals surface area contributed by atoms with Crippen LogP contribution in [0.2, 0.25) is 0 Å². The zero-order valence-corrected chi connectivity index (χ0v) is 12.7. The van der Waals surface area contributed by atoms with Crippen molar-refractivity contribution >= 4 is 0 Å². The Morgan fingerprint density at radius 2 is 1.76 bits per heavy atom. The monoisotopic (exact) mass is 284 g/mol. The van der Waals surface area contributed by atoms with Crippen LogP contribution in [0.15, 0.2) is 48.5 Å². The molecule has 0 fully saturated rings. The van der Waals surface area contributed by atoms with Crippen molar-refractivity contribution in [2.45, 2.75) is 39.2 Å². The second-order valence-corrected chi connectivity index (χ2v) is 5.31. The lowest BCUT2D eigenvalue weighted by Crippen LogP contribution is -1.99. The Hall–Kier alpha value is -1.80. The summed E-state index contributed by atoms with van der Waals surface area (Å²) in [6.45, 7) is 3.06. The van der Waals surface area contributed by atoms with Gasteiger partial charge in [0.1, 0.15) is 5.75 Å². The molecule has 0 aliphatic rings. The average Bonchev–Trinajstić information content (AvgIpc) is 2.52. The van der Waals surface area contributed by atoms with Crippen LogP contribution in [0.3, 0.4) is 0 Å². The summed E-state index contributed by atoms with van der Waals surface area (Å²) in [4.78, 5) is 0. The van der Waals surface area contributed by atoms with Gasteiger partial charge in [-0.15, -0.1) is 0 Å². The molecule has 0 saturated heterocycles. The highest BCUT2D eigenvalue weighted by molar-refractivity contribution is 5.35. The average molecular weight is 284 g/mol. The molecular weight excluding hydrogens is 260 g/mol. The Balaban J connectivity index is 2.00. The van der Waals surface area contributed by atoms with Gasteiger partial charge in [0.25, 0.3) is 0 Å². The van der Waals surface area contributed by atoms with E-state index >= 15 is 0 Å². The fourth-order valence-corrected chi connectivity index (χ4v) is 2.39. The van der Waals surface area contributed by atoms with E-state index in [4.69, 9.17) is 4.74 Å².